The zero-order chi connectivity index (χ0) is 23.4. The van der Waals surface area contributed by atoms with Crippen LogP contribution in [0.25, 0.3) is 11.3 Å². The van der Waals surface area contributed by atoms with E-state index < -0.39 is 0 Å². The van der Waals surface area contributed by atoms with Gasteiger partial charge in [-0.15, -0.1) is 0 Å². The quantitative estimate of drug-likeness (QED) is 0.436. The lowest BCUT2D eigenvalue weighted by Gasteiger charge is -2.23. The maximum atomic E-state index is 13.4. The van der Waals surface area contributed by atoms with Gasteiger partial charge in [-0.1, -0.05) is 30.3 Å². The number of hydrogen-bond acceptors (Lipinski definition) is 5. The van der Waals surface area contributed by atoms with Crippen molar-refractivity contribution in [3.8, 4) is 11.3 Å². The molecule has 2 aromatic carbocycles. The van der Waals surface area contributed by atoms with Crippen LogP contribution in [0.4, 0.5) is 11.4 Å². The van der Waals surface area contributed by atoms with Crippen molar-refractivity contribution in [3.63, 3.8) is 0 Å². The lowest BCUT2D eigenvalue weighted by Crippen LogP contribution is -2.32. The van der Waals surface area contributed by atoms with E-state index in [4.69, 9.17) is 4.84 Å². The van der Waals surface area contributed by atoms with Crippen LogP contribution in [0.5, 0.6) is 0 Å². The van der Waals surface area contributed by atoms with Crippen LogP contribution in [-0.2, 0) is 16.1 Å². The summed E-state index contributed by atoms with van der Waals surface area (Å²) in [6, 6.07) is 14.7. The topological polar surface area (TPSA) is 99.7 Å². The molecule has 2 N–H and O–H groups in total. The van der Waals surface area contributed by atoms with Gasteiger partial charge in [0.25, 0.3) is 11.8 Å². The molecule has 4 rings (SSSR count). The molecule has 0 unspecified atom stereocenters. The summed E-state index contributed by atoms with van der Waals surface area (Å²) in [4.78, 5) is 40.6. The Morgan fingerprint density at radius 3 is 2.64 bits per heavy atom. The molecular weight excluding hydrogens is 418 g/mol. The van der Waals surface area contributed by atoms with Gasteiger partial charge in [-0.2, -0.15) is 0 Å². The summed E-state index contributed by atoms with van der Waals surface area (Å²) in [5, 5.41) is 6.65. The molecule has 2 heterocycles. The normalized spacial score (nSPS) is 13.1. The van der Waals surface area contributed by atoms with Gasteiger partial charge in [-0.3, -0.25) is 9.59 Å². The Hall–Kier alpha value is -3.94. The van der Waals surface area contributed by atoms with Crippen LogP contribution in [0.1, 0.15) is 42.1 Å². The van der Waals surface area contributed by atoms with Crippen molar-refractivity contribution in [2.45, 2.75) is 33.6 Å². The number of nitrogens with zero attached hydrogens (tertiary/aromatic N) is 3. The van der Waals surface area contributed by atoms with Crippen molar-refractivity contribution in [2.75, 3.05) is 23.4 Å². The minimum Gasteiger partial charge on any atom is -0.396 e. The Bertz CT molecular complexity index is 1200. The highest BCUT2D eigenvalue weighted by molar-refractivity contribution is 6.42. The van der Waals surface area contributed by atoms with Crippen molar-refractivity contribution in [1.82, 2.24) is 9.97 Å². The molecule has 2 amide bonds. The summed E-state index contributed by atoms with van der Waals surface area (Å²) in [6.07, 6.45) is 1.14. The van der Waals surface area contributed by atoms with E-state index in [2.05, 4.69) is 20.4 Å². The fraction of sp³-hybridized carbons (Fsp3) is 0.280. The Morgan fingerprint density at radius 1 is 1.15 bits per heavy atom. The molecule has 8 heteroatoms. The molecular formula is C25H27N5O3. The van der Waals surface area contributed by atoms with E-state index in [9.17, 15) is 9.59 Å². The highest BCUT2D eigenvalue weighted by atomic mass is 16.6. The van der Waals surface area contributed by atoms with Gasteiger partial charge >= 0.3 is 0 Å². The Morgan fingerprint density at radius 2 is 1.91 bits per heavy atom. The number of para-hydroxylation sites is 1. The number of rotatable bonds is 6. The lowest BCUT2D eigenvalue weighted by atomic mass is 10.1. The molecule has 1 aliphatic heterocycles. The number of amides is 2. The van der Waals surface area contributed by atoms with Gasteiger partial charge in [0.05, 0.1) is 11.4 Å². The number of fused-ring (bicyclic) bond motifs is 3. The number of anilines is 2. The predicted octanol–water partition coefficient (Wildman–Crippen LogP) is 4.33. The van der Waals surface area contributed by atoms with Crippen LogP contribution in [0, 0.1) is 6.92 Å². The molecule has 0 radical (unpaired) electrons. The standard InChI is InChI=1S/C25H27N5O3/c1-4-20(29-33-5-2)24(31)28-18-12-10-17(11-13-18)25(32)30-15-14-21-23(27-16(3)26-21)19-8-6-7-9-22(19)30/h6-13H,4-5,14-15H2,1-3H3,(H,26,27)(H,28,31). The van der Waals surface area contributed by atoms with E-state index in [-0.39, 0.29) is 11.8 Å². The van der Waals surface area contributed by atoms with Gasteiger partial charge < -0.3 is 20.0 Å². The average Bonchev–Trinajstić information content (AvgIpc) is 3.13. The fourth-order valence-corrected chi connectivity index (χ4v) is 3.87. The molecule has 1 aliphatic rings. The van der Waals surface area contributed by atoms with Crippen LogP contribution in [0.3, 0.4) is 0 Å². The van der Waals surface area contributed by atoms with E-state index in [1.165, 1.54) is 0 Å². The van der Waals surface area contributed by atoms with E-state index in [1.54, 1.807) is 29.2 Å². The number of benzene rings is 2. The first-order valence-electron chi connectivity index (χ1n) is 11.1. The molecule has 8 nitrogen and oxygen atoms in total. The fourth-order valence-electron chi connectivity index (χ4n) is 3.87. The summed E-state index contributed by atoms with van der Waals surface area (Å²) in [7, 11) is 0. The number of carbonyl (C=O) groups excluding carboxylic acids is 2. The Balaban J connectivity index is 1.54. The third kappa shape index (κ3) is 4.64. The Kier molecular flexibility index (Phi) is 6.53. The van der Waals surface area contributed by atoms with Crippen LogP contribution in [0.15, 0.2) is 53.7 Å². The maximum Gasteiger partial charge on any atom is 0.273 e. The minimum absolute atomic E-state index is 0.102. The first-order chi connectivity index (χ1) is 16.0. The van der Waals surface area contributed by atoms with Crippen molar-refractivity contribution < 1.29 is 14.4 Å². The van der Waals surface area contributed by atoms with Crippen LogP contribution in [0.2, 0.25) is 0 Å². The van der Waals surface area contributed by atoms with E-state index in [0.717, 1.165) is 28.5 Å². The molecule has 3 aromatic rings. The third-order valence-electron chi connectivity index (χ3n) is 5.47. The van der Waals surface area contributed by atoms with Gasteiger partial charge in [0.1, 0.15) is 18.1 Å². The number of aryl methyl sites for hydroxylation is 1. The molecule has 1 aromatic heterocycles. The first kappa shape index (κ1) is 22.3. The van der Waals surface area contributed by atoms with Crippen molar-refractivity contribution in [3.05, 3.63) is 65.6 Å². The molecule has 170 valence electrons. The molecule has 0 saturated carbocycles. The summed E-state index contributed by atoms with van der Waals surface area (Å²) in [5.41, 5.74) is 5.14. The summed E-state index contributed by atoms with van der Waals surface area (Å²) < 4.78 is 0. The van der Waals surface area contributed by atoms with Gasteiger partial charge in [-0.05, 0) is 50.6 Å². The second-order valence-electron chi connectivity index (χ2n) is 7.71. The summed E-state index contributed by atoms with van der Waals surface area (Å²) in [6.45, 7) is 6.52. The Labute approximate surface area is 192 Å². The van der Waals surface area contributed by atoms with E-state index >= 15 is 0 Å². The lowest BCUT2D eigenvalue weighted by molar-refractivity contribution is -0.110. The molecule has 0 bridgehead atoms. The number of H-pyrrole nitrogens is 1. The number of imidazole rings is 1. The van der Waals surface area contributed by atoms with E-state index in [1.807, 2.05) is 45.0 Å². The predicted molar refractivity (Wildman–Crippen MR) is 129 cm³/mol. The molecule has 0 spiro atoms. The van der Waals surface area contributed by atoms with Crippen molar-refractivity contribution in [2.24, 2.45) is 5.16 Å². The van der Waals surface area contributed by atoms with Crippen LogP contribution >= 0.6 is 0 Å². The number of aromatic amines is 1. The smallest absolute Gasteiger partial charge is 0.273 e. The third-order valence-corrected chi connectivity index (χ3v) is 5.47. The minimum atomic E-state index is -0.324. The number of aromatic nitrogens is 2. The number of nitrogens with one attached hydrogen (secondary N) is 2. The zero-order valence-electron chi connectivity index (χ0n) is 19.0. The molecule has 0 atom stereocenters. The van der Waals surface area contributed by atoms with Gasteiger partial charge in [0, 0.05) is 35.5 Å². The second kappa shape index (κ2) is 9.68. The molecule has 0 aliphatic carbocycles. The van der Waals surface area contributed by atoms with Crippen molar-refractivity contribution in [1.29, 1.82) is 0 Å². The summed E-state index contributed by atoms with van der Waals surface area (Å²) >= 11 is 0. The number of hydrogen-bond donors (Lipinski definition) is 2. The van der Waals surface area contributed by atoms with Gasteiger partial charge in [-0.25, -0.2) is 4.98 Å². The van der Waals surface area contributed by atoms with E-state index in [0.29, 0.717) is 43.0 Å². The van der Waals surface area contributed by atoms with Gasteiger partial charge in [0.2, 0.25) is 0 Å². The zero-order valence-corrected chi connectivity index (χ0v) is 19.0. The SMILES string of the molecule is CCON=C(CC)C(=O)Nc1ccc(C(=O)N2CCc3[nH]c(C)nc3-c3ccccc32)cc1. The second-order valence-corrected chi connectivity index (χ2v) is 7.71. The van der Waals surface area contributed by atoms with Gasteiger partial charge in [0.15, 0.2) is 0 Å². The first-order valence-corrected chi connectivity index (χ1v) is 11.1. The van der Waals surface area contributed by atoms with Crippen LogP contribution < -0.4 is 10.2 Å². The monoisotopic (exact) mass is 445 g/mol. The number of carbonyl (C=O) groups is 2. The highest BCUT2D eigenvalue weighted by Crippen LogP contribution is 2.35. The molecule has 33 heavy (non-hydrogen) atoms. The van der Waals surface area contributed by atoms with Crippen LogP contribution in [-0.4, -0.2) is 40.6 Å². The maximum absolute atomic E-state index is 13.4. The largest absolute Gasteiger partial charge is 0.396 e. The highest BCUT2D eigenvalue weighted by Gasteiger charge is 2.26. The summed E-state index contributed by atoms with van der Waals surface area (Å²) in [5.74, 6) is 0.439. The number of oxime groups is 1. The molecule has 0 fully saturated rings. The average molecular weight is 446 g/mol. The molecule has 0 saturated heterocycles. The van der Waals surface area contributed by atoms with Crippen molar-refractivity contribution >= 4 is 28.9 Å².